The molecule has 0 aliphatic heterocycles. The molecular weight excluding hydrogens is 470 g/mol. The van der Waals surface area contributed by atoms with Crippen molar-refractivity contribution in [3.05, 3.63) is 101 Å². The number of nitrogens with one attached hydrogen (secondary N) is 1. The van der Waals surface area contributed by atoms with E-state index in [0.717, 1.165) is 39.8 Å². The standard InChI is InChI=1S/C27H23N7OS/c1-27(35,19-6-3-2-4-7-19)24-11-23(32-26(28)33-24)22-14-30-25-21(22)10-17(12-29-25)18-13-31-34(15-18)16-20-8-5-9-36-20/h2-15,35H,16H2,1H3,(H,29,30)(H2,28,32,33). The molecule has 1 unspecified atom stereocenters. The van der Waals surface area contributed by atoms with Crippen LogP contribution in [0.5, 0.6) is 0 Å². The Hall–Kier alpha value is -4.34. The largest absolute Gasteiger partial charge is 0.379 e. The number of aromatic nitrogens is 6. The summed E-state index contributed by atoms with van der Waals surface area (Å²) in [6.07, 6.45) is 7.55. The normalized spacial score (nSPS) is 13.2. The Labute approximate surface area is 211 Å². The number of nitrogens with zero attached hydrogens (tertiary/aromatic N) is 5. The molecule has 0 fully saturated rings. The number of rotatable bonds is 6. The van der Waals surface area contributed by atoms with Crippen molar-refractivity contribution in [2.75, 3.05) is 5.73 Å². The van der Waals surface area contributed by atoms with Gasteiger partial charge in [0.05, 0.1) is 24.1 Å². The Balaban J connectivity index is 1.38. The van der Waals surface area contributed by atoms with Crippen LogP contribution in [-0.4, -0.2) is 34.8 Å². The summed E-state index contributed by atoms with van der Waals surface area (Å²) >= 11 is 1.71. The molecule has 0 amide bonds. The quantitative estimate of drug-likeness (QED) is 0.306. The highest BCUT2D eigenvalue weighted by molar-refractivity contribution is 7.09. The first-order valence-electron chi connectivity index (χ1n) is 11.4. The summed E-state index contributed by atoms with van der Waals surface area (Å²) in [5.41, 5.74) is 9.98. The van der Waals surface area contributed by atoms with E-state index in [0.29, 0.717) is 11.4 Å². The molecule has 6 aromatic rings. The molecule has 0 saturated heterocycles. The van der Waals surface area contributed by atoms with Crippen molar-refractivity contribution in [1.82, 2.24) is 29.7 Å². The van der Waals surface area contributed by atoms with Crippen LogP contribution in [-0.2, 0) is 12.1 Å². The second-order valence-electron chi connectivity index (χ2n) is 8.76. The monoisotopic (exact) mass is 493 g/mol. The first kappa shape index (κ1) is 22.1. The van der Waals surface area contributed by atoms with Gasteiger partial charge in [0.15, 0.2) is 0 Å². The maximum Gasteiger partial charge on any atom is 0.220 e. The van der Waals surface area contributed by atoms with Crippen molar-refractivity contribution in [2.24, 2.45) is 0 Å². The van der Waals surface area contributed by atoms with E-state index in [1.807, 2.05) is 65.9 Å². The number of nitrogens with two attached hydrogens (primary N) is 1. The van der Waals surface area contributed by atoms with Crippen LogP contribution in [0.15, 0.2) is 84.8 Å². The average molecular weight is 494 g/mol. The molecule has 178 valence electrons. The number of pyridine rings is 1. The molecule has 0 aliphatic rings. The van der Waals surface area contributed by atoms with Crippen molar-refractivity contribution in [2.45, 2.75) is 19.1 Å². The van der Waals surface area contributed by atoms with E-state index < -0.39 is 5.60 Å². The van der Waals surface area contributed by atoms with Crippen LogP contribution in [0.1, 0.15) is 23.1 Å². The summed E-state index contributed by atoms with van der Waals surface area (Å²) in [5.74, 6) is 0.0898. The van der Waals surface area contributed by atoms with Gasteiger partial charge >= 0.3 is 0 Å². The molecule has 1 aromatic carbocycles. The van der Waals surface area contributed by atoms with Crippen LogP contribution in [0, 0.1) is 0 Å². The van der Waals surface area contributed by atoms with Gasteiger partial charge < -0.3 is 15.8 Å². The molecule has 8 nitrogen and oxygen atoms in total. The van der Waals surface area contributed by atoms with Gasteiger partial charge in [-0.25, -0.2) is 15.0 Å². The molecule has 0 radical (unpaired) electrons. The zero-order valence-corrected chi connectivity index (χ0v) is 20.3. The SMILES string of the molecule is CC(O)(c1ccccc1)c1cc(-c2c[nH]c3ncc(-c4cnn(Cc5cccs5)c4)cc23)nc(N)n1. The van der Waals surface area contributed by atoms with Gasteiger partial charge in [0.2, 0.25) is 5.95 Å². The molecule has 1 atom stereocenters. The number of nitrogen functional groups attached to an aromatic ring is 1. The number of thiophene rings is 1. The number of aliphatic hydroxyl groups is 1. The number of H-pyrrole nitrogens is 1. The highest BCUT2D eigenvalue weighted by atomic mass is 32.1. The maximum atomic E-state index is 11.3. The predicted octanol–water partition coefficient (Wildman–Crippen LogP) is 4.83. The van der Waals surface area contributed by atoms with Crippen molar-refractivity contribution < 1.29 is 5.11 Å². The highest BCUT2D eigenvalue weighted by Crippen LogP contribution is 2.34. The minimum Gasteiger partial charge on any atom is -0.379 e. The molecule has 0 spiro atoms. The zero-order valence-electron chi connectivity index (χ0n) is 19.5. The number of hydrogen-bond donors (Lipinski definition) is 3. The number of hydrogen-bond acceptors (Lipinski definition) is 7. The van der Waals surface area contributed by atoms with E-state index in [-0.39, 0.29) is 5.95 Å². The third-order valence-corrected chi connectivity index (χ3v) is 7.11. The lowest BCUT2D eigenvalue weighted by molar-refractivity contribution is 0.0975. The molecule has 5 heterocycles. The summed E-state index contributed by atoms with van der Waals surface area (Å²) in [6.45, 7) is 2.43. The van der Waals surface area contributed by atoms with E-state index >= 15 is 0 Å². The van der Waals surface area contributed by atoms with Gasteiger partial charge in [-0.2, -0.15) is 5.10 Å². The van der Waals surface area contributed by atoms with Crippen molar-refractivity contribution in [3.63, 3.8) is 0 Å². The van der Waals surface area contributed by atoms with E-state index in [2.05, 4.69) is 42.5 Å². The van der Waals surface area contributed by atoms with Crippen LogP contribution in [0.25, 0.3) is 33.4 Å². The Kier molecular flexibility index (Phi) is 5.36. The fourth-order valence-electron chi connectivity index (χ4n) is 4.30. The predicted molar refractivity (Wildman–Crippen MR) is 141 cm³/mol. The maximum absolute atomic E-state index is 11.3. The summed E-state index contributed by atoms with van der Waals surface area (Å²) in [5, 5.41) is 18.8. The minimum atomic E-state index is -1.33. The summed E-state index contributed by atoms with van der Waals surface area (Å²) in [4.78, 5) is 17.9. The molecule has 4 N–H and O–H groups in total. The smallest absolute Gasteiger partial charge is 0.220 e. The van der Waals surface area contributed by atoms with Crippen LogP contribution >= 0.6 is 11.3 Å². The van der Waals surface area contributed by atoms with Crippen LogP contribution in [0.2, 0.25) is 0 Å². The molecule has 0 saturated carbocycles. The summed E-state index contributed by atoms with van der Waals surface area (Å²) < 4.78 is 1.92. The van der Waals surface area contributed by atoms with Gasteiger partial charge in [-0.15, -0.1) is 11.3 Å². The minimum absolute atomic E-state index is 0.0898. The van der Waals surface area contributed by atoms with E-state index in [1.165, 1.54) is 4.88 Å². The Bertz CT molecular complexity index is 1650. The third kappa shape index (κ3) is 4.04. The van der Waals surface area contributed by atoms with E-state index in [9.17, 15) is 5.11 Å². The molecule has 36 heavy (non-hydrogen) atoms. The van der Waals surface area contributed by atoms with Gasteiger partial charge in [0.1, 0.15) is 11.2 Å². The van der Waals surface area contributed by atoms with E-state index in [1.54, 1.807) is 24.3 Å². The molecule has 0 aliphatic carbocycles. The second kappa shape index (κ2) is 8.71. The number of aromatic amines is 1. The summed E-state index contributed by atoms with van der Waals surface area (Å²) in [6, 6.07) is 17.4. The number of benzene rings is 1. The Morgan fingerprint density at radius 2 is 1.92 bits per heavy atom. The van der Waals surface area contributed by atoms with Gasteiger partial charge in [0.25, 0.3) is 0 Å². The van der Waals surface area contributed by atoms with E-state index in [4.69, 9.17) is 5.73 Å². The topological polar surface area (TPSA) is 119 Å². The molecule has 9 heteroatoms. The van der Waals surface area contributed by atoms with Crippen molar-refractivity contribution in [1.29, 1.82) is 0 Å². The average Bonchev–Trinajstić information content (AvgIpc) is 3.65. The molecule has 6 rings (SSSR count). The highest BCUT2D eigenvalue weighted by Gasteiger charge is 2.28. The first-order chi connectivity index (χ1) is 17.5. The van der Waals surface area contributed by atoms with Crippen molar-refractivity contribution >= 4 is 28.3 Å². The fourth-order valence-corrected chi connectivity index (χ4v) is 4.99. The zero-order chi connectivity index (χ0) is 24.7. The Morgan fingerprint density at radius 3 is 2.72 bits per heavy atom. The van der Waals surface area contributed by atoms with Gasteiger partial charge in [-0.1, -0.05) is 36.4 Å². The molecule has 5 aromatic heterocycles. The Morgan fingerprint density at radius 1 is 1.06 bits per heavy atom. The fraction of sp³-hybridized carbons (Fsp3) is 0.111. The van der Waals surface area contributed by atoms with Crippen molar-refractivity contribution in [3.8, 4) is 22.4 Å². The van der Waals surface area contributed by atoms with Gasteiger partial charge in [-0.05, 0) is 36.1 Å². The van der Waals surface area contributed by atoms with Gasteiger partial charge in [0, 0.05) is 45.5 Å². The van der Waals surface area contributed by atoms with Crippen LogP contribution in [0.3, 0.4) is 0 Å². The van der Waals surface area contributed by atoms with Gasteiger partial charge in [-0.3, -0.25) is 4.68 Å². The first-order valence-corrected chi connectivity index (χ1v) is 12.3. The van der Waals surface area contributed by atoms with Crippen LogP contribution < -0.4 is 5.73 Å². The second-order valence-corrected chi connectivity index (χ2v) is 9.80. The summed E-state index contributed by atoms with van der Waals surface area (Å²) in [7, 11) is 0. The lowest BCUT2D eigenvalue weighted by Crippen LogP contribution is -2.25. The molecule has 0 bridgehead atoms. The molecular formula is C27H23N7OS. The number of anilines is 1. The lowest BCUT2D eigenvalue weighted by Gasteiger charge is -2.24. The third-order valence-electron chi connectivity index (χ3n) is 6.25. The number of fused-ring (bicyclic) bond motifs is 1. The lowest BCUT2D eigenvalue weighted by atomic mass is 9.91. The van der Waals surface area contributed by atoms with Crippen LogP contribution in [0.4, 0.5) is 5.95 Å².